The molecule has 5 amide bonds. The van der Waals surface area contributed by atoms with Gasteiger partial charge in [-0.05, 0) is 12.8 Å². The molecule has 1 N–H and O–H groups in total. The molecule has 1 aromatic heterocycles. The number of piperazine rings is 1. The van der Waals surface area contributed by atoms with E-state index in [1.807, 2.05) is 26.2 Å². The number of hydrogen-bond donors (Lipinski definition) is 1. The highest BCUT2D eigenvalue weighted by Crippen LogP contribution is 2.13. The average molecular weight is 409 g/mol. The summed E-state index contributed by atoms with van der Waals surface area (Å²) in [6, 6.07) is -0.533. The van der Waals surface area contributed by atoms with Crippen LogP contribution in [-0.2, 0) is 20.8 Å². The van der Waals surface area contributed by atoms with Gasteiger partial charge in [-0.2, -0.15) is 0 Å². The molecule has 2 saturated heterocycles. The van der Waals surface area contributed by atoms with Crippen LogP contribution in [0, 0.1) is 12.8 Å². The third-order valence-corrected chi connectivity index (χ3v) is 5.82. The summed E-state index contributed by atoms with van der Waals surface area (Å²) >= 11 is 1.49. The van der Waals surface area contributed by atoms with Crippen molar-refractivity contribution in [2.45, 2.75) is 27.2 Å². The number of rotatable bonds is 6. The third-order valence-electron chi connectivity index (χ3n) is 4.86. The zero-order valence-corrected chi connectivity index (χ0v) is 17.3. The Hall–Kier alpha value is -2.33. The number of imide groups is 2. The van der Waals surface area contributed by atoms with E-state index in [4.69, 9.17) is 0 Å². The minimum atomic E-state index is -0.754. The minimum Gasteiger partial charge on any atom is -0.331 e. The summed E-state index contributed by atoms with van der Waals surface area (Å²) in [6.45, 7) is 8.44. The van der Waals surface area contributed by atoms with E-state index in [9.17, 15) is 19.2 Å². The first-order valence-corrected chi connectivity index (χ1v) is 10.3. The van der Waals surface area contributed by atoms with Gasteiger partial charge in [-0.15, -0.1) is 11.3 Å². The molecule has 0 aliphatic carbocycles. The van der Waals surface area contributed by atoms with Crippen LogP contribution >= 0.6 is 11.3 Å². The summed E-state index contributed by atoms with van der Waals surface area (Å²) in [5.74, 6) is -1.36. The standard InChI is InChI=1S/C18H25N5O4S/c1-12(2)9-22-16(25)17(26)23(18(22)27)11-20-4-6-21(7-5-20)15(24)8-14-19-13(3)10-28-14/h10,12H,4-9,11H2,1-3H3/p+1. The molecule has 3 rings (SSSR count). The highest BCUT2D eigenvalue weighted by molar-refractivity contribution is 7.09. The largest absolute Gasteiger partial charge is 0.338 e. The van der Waals surface area contributed by atoms with Crippen molar-refractivity contribution in [3.63, 3.8) is 0 Å². The zero-order chi connectivity index (χ0) is 20.4. The fourth-order valence-electron chi connectivity index (χ4n) is 3.40. The molecule has 2 aliphatic rings. The summed E-state index contributed by atoms with van der Waals surface area (Å²) in [7, 11) is 0. The Labute approximate surface area is 167 Å². The molecule has 3 heterocycles. The predicted octanol–water partition coefficient (Wildman–Crippen LogP) is -0.875. The lowest BCUT2D eigenvalue weighted by Gasteiger charge is -2.33. The Morgan fingerprint density at radius 1 is 1.18 bits per heavy atom. The van der Waals surface area contributed by atoms with E-state index >= 15 is 0 Å². The SMILES string of the molecule is Cc1csc(CC(=O)N2CC[NH+](CN3C(=O)C(=O)N(CC(C)C)C3=O)CC2)n1. The van der Waals surface area contributed by atoms with Crippen LogP contribution < -0.4 is 4.90 Å². The highest BCUT2D eigenvalue weighted by Gasteiger charge is 2.46. The molecule has 2 aliphatic heterocycles. The molecule has 0 aromatic carbocycles. The van der Waals surface area contributed by atoms with Gasteiger partial charge in [-0.1, -0.05) is 13.8 Å². The van der Waals surface area contributed by atoms with Crippen molar-refractivity contribution < 1.29 is 24.1 Å². The van der Waals surface area contributed by atoms with Crippen LogP contribution in [0.2, 0.25) is 0 Å². The van der Waals surface area contributed by atoms with Gasteiger partial charge in [0.2, 0.25) is 5.91 Å². The lowest BCUT2D eigenvalue weighted by molar-refractivity contribution is -0.911. The van der Waals surface area contributed by atoms with Crippen molar-refractivity contribution in [3.8, 4) is 0 Å². The van der Waals surface area contributed by atoms with E-state index in [-0.39, 0.29) is 25.0 Å². The molecule has 2 fully saturated rings. The molecule has 0 atom stereocenters. The monoisotopic (exact) mass is 408 g/mol. The van der Waals surface area contributed by atoms with Crippen LogP contribution in [0.4, 0.5) is 4.79 Å². The highest BCUT2D eigenvalue weighted by atomic mass is 32.1. The quantitative estimate of drug-likeness (QED) is 0.488. The number of nitrogens with zero attached hydrogens (tertiary/aromatic N) is 4. The van der Waals surface area contributed by atoms with E-state index in [1.165, 1.54) is 11.3 Å². The first kappa shape index (κ1) is 20.4. The zero-order valence-electron chi connectivity index (χ0n) is 16.4. The molecule has 0 unspecified atom stereocenters. The molecule has 0 saturated carbocycles. The molecular weight excluding hydrogens is 382 g/mol. The Bertz CT molecular complexity index is 785. The van der Waals surface area contributed by atoms with Crippen molar-refractivity contribution in [1.29, 1.82) is 0 Å². The van der Waals surface area contributed by atoms with Crippen LogP contribution in [0.1, 0.15) is 24.5 Å². The lowest BCUT2D eigenvalue weighted by atomic mass is 10.2. The van der Waals surface area contributed by atoms with Crippen molar-refractivity contribution in [1.82, 2.24) is 19.7 Å². The van der Waals surface area contributed by atoms with Crippen molar-refractivity contribution in [2.75, 3.05) is 39.4 Å². The summed E-state index contributed by atoms with van der Waals surface area (Å²) in [5, 5.41) is 2.74. The predicted molar refractivity (Wildman–Crippen MR) is 101 cm³/mol. The van der Waals surface area contributed by atoms with E-state index < -0.39 is 17.8 Å². The maximum atomic E-state index is 12.4. The lowest BCUT2D eigenvalue weighted by Crippen LogP contribution is -3.16. The van der Waals surface area contributed by atoms with Gasteiger partial charge in [0.05, 0.1) is 32.6 Å². The second-order valence-electron chi connectivity index (χ2n) is 7.67. The van der Waals surface area contributed by atoms with Gasteiger partial charge in [-0.25, -0.2) is 14.7 Å². The van der Waals surface area contributed by atoms with Crippen molar-refractivity contribution in [2.24, 2.45) is 5.92 Å². The molecule has 1 aromatic rings. The Morgan fingerprint density at radius 3 is 2.39 bits per heavy atom. The summed E-state index contributed by atoms with van der Waals surface area (Å²) in [6.07, 6.45) is 0.301. The first-order valence-electron chi connectivity index (χ1n) is 9.46. The Balaban J connectivity index is 1.51. The molecule has 10 heteroatoms. The number of quaternary nitrogens is 1. The minimum absolute atomic E-state index is 0.0417. The number of urea groups is 1. The fourth-order valence-corrected chi connectivity index (χ4v) is 4.16. The molecule has 28 heavy (non-hydrogen) atoms. The average Bonchev–Trinajstić information content (AvgIpc) is 3.14. The first-order chi connectivity index (χ1) is 13.3. The van der Waals surface area contributed by atoms with Gasteiger partial charge in [0.1, 0.15) is 5.01 Å². The molecular formula is C18H26N5O4S+. The fraction of sp³-hybridized carbons (Fsp3) is 0.611. The number of amides is 5. The maximum Gasteiger partial charge on any atom is 0.338 e. The van der Waals surface area contributed by atoms with E-state index in [0.29, 0.717) is 32.6 Å². The van der Waals surface area contributed by atoms with E-state index in [1.54, 1.807) is 4.90 Å². The Kier molecular flexibility index (Phi) is 6.09. The van der Waals surface area contributed by atoms with E-state index in [0.717, 1.165) is 25.4 Å². The number of carbonyl (C=O) groups excluding carboxylic acids is 4. The van der Waals surface area contributed by atoms with E-state index in [2.05, 4.69) is 4.98 Å². The van der Waals surface area contributed by atoms with Gasteiger partial charge < -0.3 is 9.80 Å². The number of thiazole rings is 1. The van der Waals surface area contributed by atoms with Crippen LogP contribution in [0.25, 0.3) is 0 Å². The number of aryl methyl sites for hydroxylation is 1. The molecule has 152 valence electrons. The molecule has 0 spiro atoms. The molecule has 0 radical (unpaired) electrons. The van der Waals surface area contributed by atoms with Crippen LogP contribution in [-0.4, -0.2) is 82.8 Å². The van der Waals surface area contributed by atoms with Gasteiger partial charge >= 0.3 is 17.8 Å². The number of hydrogen-bond acceptors (Lipinski definition) is 6. The second-order valence-corrected chi connectivity index (χ2v) is 8.62. The topological polar surface area (TPSA) is 95.3 Å². The van der Waals surface area contributed by atoms with Crippen molar-refractivity contribution in [3.05, 3.63) is 16.1 Å². The maximum absolute atomic E-state index is 12.4. The van der Waals surface area contributed by atoms with Crippen LogP contribution in [0.5, 0.6) is 0 Å². The third kappa shape index (κ3) is 4.39. The second kappa shape index (κ2) is 8.36. The van der Waals surface area contributed by atoms with Gasteiger partial charge in [-0.3, -0.25) is 19.3 Å². The summed E-state index contributed by atoms with van der Waals surface area (Å²) in [5.41, 5.74) is 0.920. The number of carbonyl (C=O) groups is 4. The Morgan fingerprint density at radius 2 is 1.82 bits per heavy atom. The van der Waals surface area contributed by atoms with Crippen molar-refractivity contribution >= 4 is 35.1 Å². The smallest absolute Gasteiger partial charge is 0.331 e. The van der Waals surface area contributed by atoms with Crippen LogP contribution in [0.15, 0.2) is 5.38 Å². The molecule has 9 nitrogen and oxygen atoms in total. The normalized spacial score (nSPS) is 18.7. The van der Waals surface area contributed by atoms with Gasteiger partial charge in [0.15, 0.2) is 6.67 Å². The number of aromatic nitrogens is 1. The van der Waals surface area contributed by atoms with Gasteiger partial charge in [0.25, 0.3) is 0 Å². The number of nitrogens with one attached hydrogen (secondary N) is 1. The molecule has 0 bridgehead atoms. The van der Waals surface area contributed by atoms with Crippen LogP contribution in [0.3, 0.4) is 0 Å². The summed E-state index contributed by atoms with van der Waals surface area (Å²) < 4.78 is 0. The van der Waals surface area contributed by atoms with Gasteiger partial charge in [0, 0.05) is 17.6 Å². The summed E-state index contributed by atoms with van der Waals surface area (Å²) in [4.78, 5) is 58.3.